The highest BCUT2D eigenvalue weighted by Crippen LogP contribution is 2.07. The summed E-state index contributed by atoms with van der Waals surface area (Å²) in [4.78, 5) is 34.3. The van der Waals surface area contributed by atoms with Crippen molar-refractivity contribution in [2.45, 2.75) is 52.6 Å². The molecule has 0 bridgehead atoms. The van der Waals surface area contributed by atoms with Crippen LogP contribution in [0.15, 0.2) is 11.8 Å². The van der Waals surface area contributed by atoms with Crippen LogP contribution in [0.1, 0.15) is 40.5 Å². The molecule has 0 aliphatic carbocycles. The molecule has 0 radical (unpaired) electrons. The fraction of sp³-hybridized carbons (Fsp3) is 0.625. The molecule has 0 aromatic carbocycles. The highest BCUT2D eigenvalue weighted by atomic mass is 16.4. The van der Waals surface area contributed by atoms with Crippen LogP contribution in [0.25, 0.3) is 0 Å². The van der Waals surface area contributed by atoms with Gasteiger partial charge < -0.3 is 20.8 Å². The molecule has 2 atom stereocenters. The van der Waals surface area contributed by atoms with Crippen molar-refractivity contribution in [3.63, 3.8) is 0 Å². The predicted octanol–water partition coefficient (Wildman–Crippen LogP) is 1.10. The first-order valence-corrected chi connectivity index (χ1v) is 7.71. The number of carboxylic acid groups (broad SMARTS) is 2. The first kappa shape index (κ1) is 21.4. The van der Waals surface area contributed by atoms with E-state index in [0.717, 1.165) is 6.20 Å². The third-order valence-corrected chi connectivity index (χ3v) is 3.11. The maximum absolute atomic E-state index is 12.0. The Bertz CT molecular complexity index is 534. The number of amides is 1. The molecule has 0 saturated carbocycles. The van der Waals surface area contributed by atoms with Crippen LogP contribution in [0.5, 0.6) is 0 Å². The molecule has 0 aliphatic heterocycles. The monoisotopic (exact) mass is 339 g/mol. The summed E-state index contributed by atoms with van der Waals surface area (Å²) in [5.74, 6) is -2.99. The molecule has 2 unspecified atom stereocenters. The summed E-state index contributed by atoms with van der Waals surface area (Å²) < 4.78 is 0. The lowest BCUT2D eigenvalue weighted by Gasteiger charge is -2.17. The molecule has 134 valence electrons. The zero-order chi connectivity index (χ0) is 18.9. The van der Waals surface area contributed by atoms with Crippen molar-refractivity contribution in [2.24, 2.45) is 11.8 Å². The standard InChI is InChI=1S/C16H25N3O5/c1-9(2)5-12(15(21)22)18-8-11(7-17)14(20)19-13(16(23)24)6-10(3)4/h8-10,12-13,18H,5-6H2,1-4H3,(H,19,20)(H,21,22)(H,23,24)/b11-8-. The molecule has 0 aliphatic rings. The lowest BCUT2D eigenvalue weighted by Crippen LogP contribution is -2.42. The minimum absolute atomic E-state index is 0.0430. The molecule has 8 heteroatoms. The Morgan fingerprint density at radius 1 is 1.00 bits per heavy atom. The maximum Gasteiger partial charge on any atom is 0.326 e. The van der Waals surface area contributed by atoms with E-state index in [-0.39, 0.29) is 23.8 Å². The van der Waals surface area contributed by atoms with Crippen molar-refractivity contribution in [3.8, 4) is 6.07 Å². The van der Waals surface area contributed by atoms with Gasteiger partial charge in [0.1, 0.15) is 23.7 Å². The van der Waals surface area contributed by atoms with E-state index < -0.39 is 29.9 Å². The van der Waals surface area contributed by atoms with Gasteiger partial charge in [-0.25, -0.2) is 9.59 Å². The van der Waals surface area contributed by atoms with E-state index >= 15 is 0 Å². The number of hydrogen-bond acceptors (Lipinski definition) is 5. The zero-order valence-electron chi connectivity index (χ0n) is 14.4. The van der Waals surface area contributed by atoms with Gasteiger partial charge in [0.05, 0.1) is 0 Å². The Labute approximate surface area is 141 Å². The van der Waals surface area contributed by atoms with Crippen LogP contribution in [0.3, 0.4) is 0 Å². The third kappa shape index (κ3) is 8.17. The first-order chi connectivity index (χ1) is 11.1. The number of carboxylic acids is 2. The average Bonchev–Trinajstić information content (AvgIpc) is 2.44. The SMILES string of the molecule is CC(C)CC(N/C=C(/C#N)C(=O)NC(CC(C)C)C(=O)O)C(=O)O. The molecule has 0 saturated heterocycles. The number of nitrogens with zero attached hydrogens (tertiary/aromatic N) is 1. The quantitative estimate of drug-likeness (QED) is 0.345. The van der Waals surface area contributed by atoms with Crippen LogP contribution in [-0.2, 0) is 14.4 Å². The summed E-state index contributed by atoms with van der Waals surface area (Å²) >= 11 is 0. The number of aliphatic carboxylic acids is 2. The van der Waals surface area contributed by atoms with Gasteiger partial charge in [0.15, 0.2) is 0 Å². The van der Waals surface area contributed by atoms with Crippen LogP contribution in [0.4, 0.5) is 0 Å². The normalized spacial score (nSPS) is 14.0. The van der Waals surface area contributed by atoms with E-state index in [1.807, 2.05) is 27.7 Å². The fourth-order valence-corrected chi connectivity index (χ4v) is 1.97. The highest BCUT2D eigenvalue weighted by Gasteiger charge is 2.23. The van der Waals surface area contributed by atoms with Gasteiger partial charge in [-0.1, -0.05) is 27.7 Å². The van der Waals surface area contributed by atoms with E-state index in [1.54, 1.807) is 6.07 Å². The van der Waals surface area contributed by atoms with Crippen molar-refractivity contribution in [2.75, 3.05) is 0 Å². The molecule has 0 rings (SSSR count). The molecule has 4 N–H and O–H groups in total. The smallest absolute Gasteiger partial charge is 0.326 e. The molecule has 0 aromatic rings. The Morgan fingerprint density at radius 3 is 1.83 bits per heavy atom. The fourth-order valence-electron chi connectivity index (χ4n) is 1.97. The molecule has 24 heavy (non-hydrogen) atoms. The Hall–Kier alpha value is -2.56. The maximum atomic E-state index is 12.0. The third-order valence-electron chi connectivity index (χ3n) is 3.11. The van der Waals surface area contributed by atoms with E-state index in [1.165, 1.54) is 0 Å². The van der Waals surface area contributed by atoms with Gasteiger partial charge in [-0.3, -0.25) is 4.79 Å². The first-order valence-electron chi connectivity index (χ1n) is 7.71. The molecule has 0 aromatic heterocycles. The summed E-state index contributed by atoms with van der Waals surface area (Å²) in [5, 5.41) is 32.1. The molecule has 0 heterocycles. The molecule has 0 spiro atoms. The lowest BCUT2D eigenvalue weighted by molar-refractivity contribution is -0.141. The zero-order valence-corrected chi connectivity index (χ0v) is 14.4. The van der Waals surface area contributed by atoms with Gasteiger partial charge in [-0.15, -0.1) is 0 Å². The number of carbonyl (C=O) groups is 3. The Morgan fingerprint density at radius 2 is 1.46 bits per heavy atom. The van der Waals surface area contributed by atoms with Crippen molar-refractivity contribution in [1.82, 2.24) is 10.6 Å². The second-order valence-corrected chi connectivity index (χ2v) is 6.35. The van der Waals surface area contributed by atoms with Crippen LogP contribution in [0.2, 0.25) is 0 Å². The molecule has 8 nitrogen and oxygen atoms in total. The van der Waals surface area contributed by atoms with Crippen LogP contribution < -0.4 is 10.6 Å². The van der Waals surface area contributed by atoms with Crippen LogP contribution in [-0.4, -0.2) is 40.1 Å². The number of carbonyl (C=O) groups excluding carboxylic acids is 1. The summed E-state index contributed by atoms with van der Waals surface area (Å²) in [6.07, 6.45) is 1.56. The topological polar surface area (TPSA) is 140 Å². The van der Waals surface area contributed by atoms with Gasteiger partial charge in [-0.2, -0.15) is 5.26 Å². The minimum Gasteiger partial charge on any atom is -0.480 e. The van der Waals surface area contributed by atoms with Crippen LogP contribution in [0, 0.1) is 23.2 Å². The minimum atomic E-state index is -1.19. The summed E-state index contributed by atoms with van der Waals surface area (Å²) in [5.41, 5.74) is -0.375. The van der Waals surface area contributed by atoms with Gasteiger partial charge in [0.2, 0.25) is 0 Å². The second kappa shape index (κ2) is 10.3. The van der Waals surface area contributed by atoms with Crippen LogP contribution >= 0.6 is 0 Å². The van der Waals surface area contributed by atoms with Crippen molar-refractivity contribution in [3.05, 3.63) is 11.8 Å². The van der Waals surface area contributed by atoms with Gasteiger partial charge >= 0.3 is 11.9 Å². The molecule has 0 fully saturated rings. The number of hydrogen-bond donors (Lipinski definition) is 4. The van der Waals surface area contributed by atoms with E-state index in [2.05, 4.69) is 10.6 Å². The number of nitrogens with one attached hydrogen (secondary N) is 2. The van der Waals surface area contributed by atoms with Gasteiger partial charge in [0, 0.05) is 6.20 Å². The molecule has 1 amide bonds. The largest absolute Gasteiger partial charge is 0.480 e. The van der Waals surface area contributed by atoms with E-state index in [9.17, 15) is 14.4 Å². The average molecular weight is 339 g/mol. The summed E-state index contributed by atoms with van der Waals surface area (Å²) in [7, 11) is 0. The van der Waals surface area contributed by atoms with Gasteiger partial charge in [-0.05, 0) is 24.7 Å². The summed E-state index contributed by atoms with van der Waals surface area (Å²) in [6.45, 7) is 7.33. The molecular formula is C16H25N3O5. The second-order valence-electron chi connectivity index (χ2n) is 6.35. The highest BCUT2D eigenvalue weighted by molar-refractivity contribution is 5.99. The Balaban J connectivity index is 5.03. The van der Waals surface area contributed by atoms with Crippen molar-refractivity contribution >= 4 is 17.8 Å². The Kier molecular flexibility index (Phi) is 9.16. The predicted molar refractivity (Wildman–Crippen MR) is 86.7 cm³/mol. The van der Waals surface area contributed by atoms with Crippen molar-refractivity contribution < 1.29 is 24.6 Å². The summed E-state index contributed by atoms with van der Waals surface area (Å²) in [6, 6.07) is -0.401. The van der Waals surface area contributed by atoms with Gasteiger partial charge in [0.25, 0.3) is 5.91 Å². The van der Waals surface area contributed by atoms with E-state index in [0.29, 0.717) is 6.42 Å². The van der Waals surface area contributed by atoms with Crippen molar-refractivity contribution in [1.29, 1.82) is 5.26 Å². The molecular weight excluding hydrogens is 314 g/mol. The number of rotatable bonds is 10. The lowest BCUT2D eigenvalue weighted by atomic mass is 10.0. The van der Waals surface area contributed by atoms with E-state index in [4.69, 9.17) is 15.5 Å². The number of nitriles is 1.